The van der Waals surface area contributed by atoms with Gasteiger partial charge in [-0.05, 0) is 35.9 Å². The molecule has 5 heteroatoms. The van der Waals surface area contributed by atoms with Crippen LogP contribution < -0.4 is 10.1 Å². The van der Waals surface area contributed by atoms with Crippen molar-refractivity contribution in [1.82, 2.24) is 14.7 Å². The summed E-state index contributed by atoms with van der Waals surface area (Å²) >= 11 is 0. The maximum absolute atomic E-state index is 12.4. The molecule has 2 aromatic heterocycles. The zero-order valence-electron chi connectivity index (χ0n) is 15.4. The van der Waals surface area contributed by atoms with E-state index in [-0.39, 0.29) is 5.91 Å². The van der Waals surface area contributed by atoms with Crippen LogP contribution in [0.4, 0.5) is 0 Å². The summed E-state index contributed by atoms with van der Waals surface area (Å²) in [5.41, 5.74) is 3.53. The number of amides is 1. The van der Waals surface area contributed by atoms with Crippen molar-refractivity contribution in [2.75, 3.05) is 6.54 Å². The van der Waals surface area contributed by atoms with Crippen molar-refractivity contribution in [3.8, 4) is 5.75 Å². The molecule has 0 aliphatic carbocycles. The van der Waals surface area contributed by atoms with Crippen molar-refractivity contribution in [3.05, 3.63) is 102 Å². The van der Waals surface area contributed by atoms with Crippen LogP contribution in [-0.4, -0.2) is 21.8 Å². The summed E-state index contributed by atoms with van der Waals surface area (Å²) in [4.78, 5) is 17.0. The standard InChI is InChI=1S/C23H21N3O2/c27-23(24-13-12-20-16-26-14-5-4-11-22(26)25-20)19-9-6-10-21(15-19)28-17-18-7-2-1-3-8-18/h1-11,14-16H,12-13,17H2,(H,24,27). The fourth-order valence-electron chi connectivity index (χ4n) is 2.98. The number of aromatic nitrogens is 2. The Morgan fingerprint density at radius 1 is 1.00 bits per heavy atom. The minimum atomic E-state index is -0.117. The summed E-state index contributed by atoms with van der Waals surface area (Å²) in [6.07, 6.45) is 4.63. The van der Waals surface area contributed by atoms with Crippen molar-refractivity contribution in [2.45, 2.75) is 13.0 Å². The maximum atomic E-state index is 12.4. The van der Waals surface area contributed by atoms with Crippen LogP contribution in [-0.2, 0) is 13.0 Å². The van der Waals surface area contributed by atoms with Gasteiger partial charge in [0.15, 0.2) is 0 Å². The lowest BCUT2D eigenvalue weighted by Gasteiger charge is -2.08. The number of rotatable bonds is 7. The molecule has 0 aliphatic heterocycles. The number of imidazole rings is 1. The Bertz CT molecular complexity index is 1040. The first-order valence-corrected chi connectivity index (χ1v) is 9.25. The quantitative estimate of drug-likeness (QED) is 0.536. The molecule has 0 saturated carbocycles. The third kappa shape index (κ3) is 4.38. The van der Waals surface area contributed by atoms with Gasteiger partial charge in [0.25, 0.3) is 5.91 Å². The van der Waals surface area contributed by atoms with Gasteiger partial charge in [0.05, 0.1) is 5.69 Å². The topological polar surface area (TPSA) is 55.6 Å². The molecule has 1 N–H and O–H groups in total. The molecule has 1 amide bonds. The summed E-state index contributed by atoms with van der Waals surface area (Å²) in [5.74, 6) is 0.561. The smallest absolute Gasteiger partial charge is 0.251 e. The number of hydrogen-bond donors (Lipinski definition) is 1. The first-order chi connectivity index (χ1) is 13.8. The second-order valence-electron chi connectivity index (χ2n) is 6.51. The number of hydrogen-bond acceptors (Lipinski definition) is 3. The molecule has 0 saturated heterocycles. The van der Waals surface area contributed by atoms with Gasteiger partial charge in [-0.3, -0.25) is 4.79 Å². The van der Waals surface area contributed by atoms with Crippen molar-refractivity contribution in [3.63, 3.8) is 0 Å². The van der Waals surface area contributed by atoms with Crippen LogP contribution >= 0.6 is 0 Å². The Morgan fingerprint density at radius 3 is 2.71 bits per heavy atom. The minimum Gasteiger partial charge on any atom is -0.489 e. The van der Waals surface area contributed by atoms with Gasteiger partial charge in [-0.25, -0.2) is 4.98 Å². The normalized spacial score (nSPS) is 10.7. The van der Waals surface area contributed by atoms with Crippen LogP contribution in [0.5, 0.6) is 5.75 Å². The highest BCUT2D eigenvalue weighted by Crippen LogP contribution is 2.15. The van der Waals surface area contributed by atoms with Crippen molar-refractivity contribution >= 4 is 11.6 Å². The number of pyridine rings is 1. The Morgan fingerprint density at radius 2 is 1.86 bits per heavy atom. The predicted molar refractivity (Wildman–Crippen MR) is 108 cm³/mol. The third-order valence-corrected chi connectivity index (χ3v) is 4.43. The van der Waals surface area contributed by atoms with E-state index in [1.807, 2.05) is 77.5 Å². The first kappa shape index (κ1) is 17.8. The molecule has 0 spiro atoms. The first-order valence-electron chi connectivity index (χ1n) is 9.25. The molecule has 2 aromatic carbocycles. The van der Waals surface area contributed by atoms with Gasteiger partial charge in [0.1, 0.15) is 18.0 Å². The highest BCUT2D eigenvalue weighted by atomic mass is 16.5. The average Bonchev–Trinajstić information content (AvgIpc) is 3.16. The van der Waals surface area contributed by atoms with Crippen LogP contribution in [0, 0.1) is 0 Å². The van der Waals surface area contributed by atoms with Crippen LogP contribution in [0.25, 0.3) is 5.65 Å². The fourth-order valence-corrected chi connectivity index (χ4v) is 2.98. The second kappa shape index (κ2) is 8.39. The molecule has 0 bridgehead atoms. The van der Waals surface area contributed by atoms with Crippen molar-refractivity contribution in [2.24, 2.45) is 0 Å². The van der Waals surface area contributed by atoms with Gasteiger partial charge in [0, 0.05) is 30.9 Å². The summed E-state index contributed by atoms with van der Waals surface area (Å²) in [6, 6.07) is 23.1. The minimum absolute atomic E-state index is 0.117. The highest BCUT2D eigenvalue weighted by molar-refractivity contribution is 5.94. The van der Waals surface area contributed by atoms with E-state index >= 15 is 0 Å². The maximum Gasteiger partial charge on any atom is 0.251 e. The molecular weight excluding hydrogens is 350 g/mol. The van der Waals surface area contributed by atoms with Gasteiger partial charge >= 0.3 is 0 Å². The van der Waals surface area contributed by atoms with E-state index < -0.39 is 0 Å². The monoisotopic (exact) mass is 371 g/mol. The predicted octanol–water partition coefficient (Wildman–Crippen LogP) is 3.89. The Hall–Kier alpha value is -3.60. The zero-order valence-corrected chi connectivity index (χ0v) is 15.4. The molecule has 28 heavy (non-hydrogen) atoms. The molecule has 5 nitrogen and oxygen atoms in total. The molecule has 4 rings (SSSR count). The van der Waals surface area contributed by atoms with Gasteiger partial charge in [-0.15, -0.1) is 0 Å². The molecule has 0 fully saturated rings. The molecule has 0 atom stereocenters. The molecule has 2 heterocycles. The number of benzene rings is 2. The lowest BCUT2D eigenvalue weighted by atomic mass is 10.2. The molecule has 140 valence electrons. The van der Waals surface area contributed by atoms with Crippen molar-refractivity contribution in [1.29, 1.82) is 0 Å². The summed E-state index contributed by atoms with van der Waals surface area (Å²) < 4.78 is 7.77. The van der Waals surface area contributed by atoms with Gasteiger partial charge < -0.3 is 14.5 Å². The van der Waals surface area contributed by atoms with E-state index in [2.05, 4.69) is 10.3 Å². The van der Waals surface area contributed by atoms with Gasteiger partial charge in [-0.1, -0.05) is 42.5 Å². The van der Waals surface area contributed by atoms with Crippen LogP contribution in [0.15, 0.2) is 85.2 Å². The van der Waals surface area contributed by atoms with E-state index in [0.717, 1.165) is 16.9 Å². The molecule has 0 unspecified atom stereocenters. The lowest BCUT2D eigenvalue weighted by molar-refractivity contribution is 0.0953. The Labute approximate surface area is 163 Å². The number of ether oxygens (including phenoxy) is 1. The average molecular weight is 371 g/mol. The number of carbonyl (C=O) groups excluding carboxylic acids is 1. The Balaban J connectivity index is 1.31. The van der Waals surface area contributed by atoms with E-state index in [4.69, 9.17) is 4.74 Å². The van der Waals surface area contributed by atoms with E-state index in [0.29, 0.717) is 30.9 Å². The van der Waals surface area contributed by atoms with Crippen LogP contribution in [0.1, 0.15) is 21.6 Å². The number of carbonyl (C=O) groups is 1. The summed E-state index contributed by atoms with van der Waals surface area (Å²) in [5, 5.41) is 2.95. The molecular formula is C23H21N3O2. The molecule has 0 radical (unpaired) electrons. The SMILES string of the molecule is O=C(NCCc1cn2ccccc2n1)c1cccc(OCc2ccccc2)c1. The fraction of sp³-hybridized carbons (Fsp3) is 0.130. The zero-order chi connectivity index (χ0) is 19.2. The van der Waals surface area contributed by atoms with Crippen LogP contribution in [0.2, 0.25) is 0 Å². The highest BCUT2D eigenvalue weighted by Gasteiger charge is 2.08. The number of nitrogens with one attached hydrogen (secondary N) is 1. The van der Waals surface area contributed by atoms with E-state index in [1.54, 1.807) is 12.1 Å². The largest absolute Gasteiger partial charge is 0.489 e. The summed E-state index contributed by atoms with van der Waals surface area (Å²) in [6.45, 7) is 0.998. The van der Waals surface area contributed by atoms with Gasteiger partial charge in [-0.2, -0.15) is 0 Å². The summed E-state index contributed by atoms with van der Waals surface area (Å²) in [7, 11) is 0. The van der Waals surface area contributed by atoms with E-state index in [9.17, 15) is 4.79 Å². The molecule has 0 aliphatic rings. The number of nitrogens with zero attached hydrogens (tertiary/aromatic N) is 2. The molecule has 4 aromatic rings. The van der Waals surface area contributed by atoms with E-state index in [1.165, 1.54) is 0 Å². The van der Waals surface area contributed by atoms with Crippen LogP contribution in [0.3, 0.4) is 0 Å². The third-order valence-electron chi connectivity index (χ3n) is 4.43. The lowest BCUT2D eigenvalue weighted by Crippen LogP contribution is -2.25. The van der Waals surface area contributed by atoms with Crippen molar-refractivity contribution < 1.29 is 9.53 Å². The number of fused-ring (bicyclic) bond motifs is 1. The second-order valence-corrected chi connectivity index (χ2v) is 6.51. The van der Waals surface area contributed by atoms with Gasteiger partial charge in [0.2, 0.25) is 0 Å². The Kier molecular flexibility index (Phi) is 5.33.